The molecule has 0 saturated heterocycles. The van der Waals surface area contributed by atoms with E-state index in [4.69, 9.17) is 5.11 Å². The maximum Gasteiger partial charge on any atom is 0.259 e. The van der Waals surface area contributed by atoms with Gasteiger partial charge in [-0.25, -0.2) is 0 Å². The molecule has 5 nitrogen and oxygen atoms in total. The van der Waals surface area contributed by atoms with E-state index >= 15 is 0 Å². The maximum absolute atomic E-state index is 12.1. The van der Waals surface area contributed by atoms with E-state index in [-0.39, 0.29) is 35.1 Å². The van der Waals surface area contributed by atoms with Gasteiger partial charge in [-0.1, -0.05) is 26.8 Å². The Morgan fingerprint density at radius 3 is 2.21 bits per heavy atom. The molecular formula is C14H21NO4. The van der Waals surface area contributed by atoms with E-state index in [0.717, 1.165) is 0 Å². The lowest BCUT2D eigenvalue weighted by molar-refractivity contribution is 0.0879. The van der Waals surface area contributed by atoms with Crippen LogP contribution in [0.1, 0.15) is 37.6 Å². The summed E-state index contributed by atoms with van der Waals surface area (Å²) in [4.78, 5) is 12.1. The molecule has 19 heavy (non-hydrogen) atoms. The van der Waals surface area contributed by atoms with Gasteiger partial charge in [-0.15, -0.1) is 0 Å². The van der Waals surface area contributed by atoms with Crippen molar-refractivity contribution in [2.24, 2.45) is 5.41 Å². The Morgan fingerprint density at radius 1 is 1.26 bits per heavy atom. The van der Waals surface area contributed by atoms with Gasteiger partial charge in [0.15, 0.2) is 0 Å². The molecule has 0 aliphatic rings. The number of aromatic hydroxyl groups is 2. The van der Waals surface area contributed by atoms with Gasteiger partial charge in [0.05, 0.1) is 0 Å². The zero-order chi connectivity index (χ0) is 14.6. The van der Waals surface area contributed by atoms with Crippen LogP contribution in [0, 0.1) is 5.41 Å². The first-order valence-corrected chi connectivity index (χ1v) is 6.20. The predicted molar refractivity (Wildman–Crippen MR) is 72.2 cm³/mol. The summed E-state index contributed by atoms with van der Waals surface area (Å²) in [5, 5.41) is 31.1. The summed E-state index contributed by atoms with van der Waals surface area (Å²) in [5.41, 5.74) is -0.381. The first-order chi connectivity index (χ1) is 8.77. The molecular weight excluding hydrogens is 246 g/mol. The minimum atomic E-state index is -0.552. The summed E-state index contributed by atoms with van der Waals surface area (Å²) in [6, 6.07) is 3.87. The van der Waals surface area contributed by atoms with Crippen molar-refractivity contribution >= 4 is 5.91 Å². The lowest BCUT2D eigenvalue weighted by Crippen LogP contribution is -2.44. The molecule has 1 amide bonds. The Bertz CT molecular complexity index is 431. The van der Waals surface area contributed by atoms with Gasteiger partial charge in [-0.05, 0) is 24.0 Å². The molecule has 0 spiro atoms. The second-order valence-corrected chi connectivity index (χ2v) is 5.58. The van der Waals surface area contributed by atoms with Gasteiger partial charge in [-0.2, -0.15) is 0 Å². The number of nitrogens with one attached hydrogen (secondary N) is 1. The number of hydrogen-bond acceptors (Lipinski definition) is 4. The monoisotopic (exact) mass is 267 g/mol. The Kier molecular flexibility index (Phi) is 4.78. The van der Waals surface area contributed by atoms with Gasteiger partial charge in [0.1, 0.15) is 17.1 Å². The molecule has 106 valence electrons. The van der Waals surface area contributed by atoms with Crippen molar-refractivity contribution in [1.29, 1.82) is 0 Å². The van der Waals surface area contributed by atoms with Crippen LogP contribution in [0.4, 0.5) is 0 Å². The Balaban J connectivity index is 2.95. The number of aliphatic hydroxyl groups excluding tert-OH is 1. The first-order valence-electron chi connectivity index (χ1n) is 6.20. The van der Waals surface area contributed by atoms with Crippen LogP contribution < -0.4 is 5.32 Å². The van der Waals surface area contributed by atoms with Gasteiger partial charge >= 0.3 is 0 Å². The van der Waals surface area contributed by atoms with Crippen LogP contribution in [0.3, 0.4) is 0 Å². The third kappa shape index (κ3) is 3.86. The average Bonchev–Trinajstić information content (AvgIpc) is 2.27. The van der Waals surface area contributed by atoms with Crippen LogP contribution in [0.25, 0.3) is 0 Å². The minimum Gasteiger partial charge on any atom is -0.507 e. The maximum atomic E-state index is 12.1. The first kappa shape index (κ1) is 15.3. The fourth-order valence-electron chi connectivity index (χ4n) is 1.84. The van der Waals surface area contributed by atoms with Crippen LogP contribution >= 0.6 is 0 Å². The second-order valence-electron chi connectivity index (χ2n) is 5.58. The SMILES string of the molecule is CC(C)(C)C(CCO)NC(=O)c1c(O)cccc1O. The van der Waals surface area contributed by atoms with E-state index in [9.17, 15) is 15.0 Å². The standard InChI is InChI=1S/C14H21NO4/c1-14(2,3)11(7-8-16)15-13(19)12-9(17)5-4-6-10(12)18/h4-6,11,16-18H,7-8H2,1-3H3,(H,15,19). The van der Waals surface area contributed by atoms with Crippen LogP contribution in [0.2, 0.25) is 0 Å². The van der Waals surface area contributed by atoms with Gasteiger partial charge in [0.2, 0.25) is 0 Å². The molecule has 1 rings (SSSR count). The molecule has 1 unspecified atom stereocenters. The topological polar surface area (TPSA) is 89.8 Å². The molecule has 0 aliphatic carbocycles. The zero-order valence-corrected chi connectivity index (χ0v) is 11.5. The normalized spacial score (nSPS) is 13.1. The number of phenolic OH excluding ortho intramolecular Hbond substituents is 2. The van der Waals surface area contributed by atoms with Crippen molar-refractivity contribution in [2.45, 2.75) is 33.2 Å². The van der Waals surface area contributed by atoms with Crippen LogP contribution in [0.5, 0.6) is 11.5 Å². The van der Waals surface area contributed by atoms with Gasteiger partial charge in [0.25, 0.3) is 5.91 Å². The number of aliphatic hydroxyl groups is 1. The predicted octanol–water partition coefficient (Wildman–Crippen LogP) is 1.62. The highest BCUT2D eigenvalue weighted by Crippen LogP contribution is 2.28. The molecule has 0 heterocycles. The van der Waals surface area contributed by atoms with Crippen molar-refractivity contribution < 1.29 is 20.1 Å². The zero-order valence-electron chi connectivity index (χ0n) is 11.5. The summed E-state index contributed by atoms with van der Waals surface area (Å²) >= 11 is 0. The summed E-state index contributed by atoms with van der Waals surface area (Å²) in [7, 11) is 0. The Hall–Kier alpha value is -1.75. The average molecular weight is 267 g/mol. The lowest BCUT2D eigenvalue weighted by atomic mass is 9.84. The molecule has 0 aliphatic heterocycles. The highest BCUT2D eigenvalue weighted by molar-refractivity contribution is 5.99. The molecule has 5 heteroatoms. The summed E-state index contributed by atoms with van der Waals surface area (Å²) in [6.45, 7) is 5.78. The van der Waals surface area contributed by atoms with Crippen molar-refractivity contribution in [3.63, 3.8) is 0 Å². The van der Waals surface area contributed by atoms with Crippen molar-refractivity contribution in [2.75, 3.05) is 6.61 Å². The van der Waals surface area contributed by atoms with Crippen LogP contribution in [-0.4, -0.2) is 33.9 Å². The molecule has 0 aromatic heterocycles. The number of benzene rings is 1. The lowest BCUT2D eigenvalue weighted by Gasteiger charge is -2.31. The highest BCUT2D eigenvalue weighted by atomic mass is 16.3. The number of amides is 1. The third-order valence-electron chi connectivity index (χ3n) is 3.02. The van der Waals surface area contributed by atoms with Gasteiger partial charge in [0, 0.05) is 12.6 Å². The fourth-order valence-corrected chi connectivity index (χ4v) is 1.84. The van der Waals surface area contributed by atoms with E-state index in [1.54, 1.807) is 0 Å². The van der Waals surface area contributed by atoms with E-state index in [1.165, 1.54) is 18.2 Å². The van der Waals surface area contributed by atoms with Gasteiger partial charge in [-0.3, -0.25) is 4.79 Å². The molecule has 1 atom stereocenters. The third-order valence-corrected chi connectivity index (χ3v) is 3.02. The molecule has 0 bridgehead atoms. The van der Waals surface area contributed by atoms with Gasteiger partial charge < -0.3 is 20.6 Å². The summed E-state index contributed by atoms with van der Waals surface area (Å²) in [5.74, 6) is -1.09. The fraction of sp³-hybridized carbons (Fsp3) is 0.500. The quantitative estimate of drug-likeness (QED) is 0.667. The van der Waals surface area contributed by atoms with Crippen molar-refractivity contribution in [1.82, 2.24) is 5.32 Å². The summed E-state index contributed by atoms with van der Waals surface area (Å²) in [6.07, 6.45) is 0.406. The minimum absolute atomic E-state index is 0.0467. The molecule has 0 saturated carbocycles. The van der Waals surface area contributed by atoms with E-state index in [2.05, 4.69) is 5.32 Å². The molecule has 0 radical (unpaired) electrons. The second kappa shape index (κ2) is 5.93. The van der Waals surface area contributed by atoms with Crippen molar-refractivity contribution in [3.8, 4) is 11.5 Å². The summed E-state index contributed by atoms with van der Waals surface area (Å²) < 4.78 is 0. The number of hydrogen-bond donors (Lipinski definition) is 4. The Labute approximate surface area is 112 Å². The number of carbonyl (C=O) groups is 1. The van der Waals surface area contributed by atoms with E-state index < -0.39 is 5.91 Å². The number of carbonyl (C=O) groups excluding carboxylic acids is 1. The molecule has 4 N–H and O–H groups in total. The van der Waals surface area contributed by atoms with Crippen LogP contribution in [-0.2, 0) is 0 Å². The van der Waals surface area contributed by atoms with Crippen molar-refractivity contribution in [3.05, 3.63) is 23.8 Å². The van der Waals surface area contributed by atoms with E-state index in [0.29, 0.717) is 6.42 Å². The Morgan fingerprint density at radius 2 is 1.79 bits per heavy atom. The van der Waals surface area contributed by atoms with Crippen LogP contribution in [0.15, 0.2) is 18.2 Å². The molecule has 0 fully saturated rings. The number of rotatable bonds is 4. The number of phenols is 2. The highest BCUT2D eigenvalue weighted by Gasteiger charge is 2.27. The molecule has 1 aromatic carbocycles. The van der Waals surface area contributed by atoms with E-state index in [1.807, 2.05) is 20.8 Å². The molecule has 1 aromatic rings. The smallest absolute Gasteiger partial charge is 0.259 e. The largest absolute Gasteiger partial charge is 0.507 e.